The van der Waals surface area contributed by atoms with Crippen LogP contribution in [0.4, 0.5) is 14.9 Å². The number of carbonyl (C=O) groups is 2. The van der Waals surface area contributed by atoms with Gasteiger partial charge in [0, 0.05) is 13.1 Å². The highest BCUT2D eigenvalue weighted by atomic mass is 19.1. The van der Waals surface area contributed by atoms with Crippen molar-refractivity contribution in [2.45, 2.75) is 39.2 Å². The molecule has 0 aromatic heterocycles. The quantitative estimate of drug-likeness (QED) is 0.825. The highest BCUT2D eigenvalue weighted by molar-refractivity contribution is 5.75. The number of halogens is 1. The van der Waals surface area contributed by atoms with E-state index in [0.717, 1.165) is 12.8 Å². The van der Waals surface area contributed by atoms with Crippen LogP contribution in [-0.4, -0.2) is 42.7 Å². The summed E-state index contributed by atoms with van der Waals surface area (Å²) in [5.74, 6) is -0.260. The summed E-state index contributed by atoms with van der Waals surface area (Å²) < 4.78 is 24.9. The first-order valence-electron chi connectivity index (χ1n) is 8.39. The third-order valence-electron chi connectivity index (χ3n) is 3.91. The van der Waals surface area contributed by atoms with E-state index < -0.39 is 11.4 Å². The molecule has 1 heterocycles. The minimum Gasteiger partial charge on any atom is -0.488 e. The average Bonchev–Trinajstić information content (AvgIpc) is 2.53. The fourth-order valence-corrected chi connectivity index (χ4v) is 2.64. The van der Waals surface area contributed by atoms with Gasteiger partial charge >= 0.3 is 6.09 Å². The van der Waals surface area contributed by atoms with Gasteiger partial charge in [-0.15, -0.1) is 0 Å². The van der Waals surface area contributed by atoms with Gasteiger partial charge in [0.25, 0.3) is 0 Å². The number of hydrogen-bond acceptors (Lipinski definition) is 4. The van der Waals surface area contributed by atoms with Crippen molar-refractivity contribution in [3.63, 3.8) is 0 Å². The van der Waals surface area contributed by atoms with Crippen LogP contribution in [0.1, 0.15) is 33.6 Å². The Morgan fingerprint density at radius 2 is 2.04 bits per heavy atom. The summed E-state index contributed by atoms with van der Waals surface area (Å²) in [6, 6.07) is 4.38. The largest absolute Gasteiger partial charge is 0.488 e. The van der Waals surface area contributed by atoms with Gasteiger partial charge < -0.3 is 19.7 Å². The fourth-order valence-electron chi connectivity index (χ4n) is 2.64. The molecule has 0 atom stereocenters. The van der Waals surface area contributed by atoms with Gasteiger partial charge in [0.1, 0.15) is 5.60 Å². The number of para-hydroxylation sites is 1. The smallest absolute Gasteiger partial charge is 0.410 e. The fraction of sp³-hybridized carbons (Fsp3) is 0.556. The molecule has 1 aliphatic rings. The zero-order valence-corrected chi connectivity index (χ0v) is 14.9. The van der Waals surface area contributed by atoms with Gasteiger partial charge in [-0.1, -0.05) is 6.07 Å². The maximum absolute atomic E-state index is 13.9. The number of rotatable bonds is 5. The van der Waals surface area contributed by atoms with Gasteiger partial charge in [-0.05, 0) is 51.7 Å². The molecule has 2 rings (SSSR count). The molecule has 0 saturated carbocycles. The third kappa shape index (κ3) is 5.62. The topological polar surface area (TPSA) is 67.9 Å². The molecule has 6 nitrogen and oxygen atoms in total. The summed E-state index contributed by atoms with van der Waals surface area (Å²) in [6.45, 7) is 7.01. The number of nitrogens with zero attached hydrogens (tertiary/aromatic N) is 1. The third-order valence-corrected chi connectivity index (χ3v) is 3.91. The lowest BCUT2D eigenvalue weighted by molar-refractivity contribution is -0.105. The molecule has 2 amide bonds. The highest BCUT2D eigenvalue weighted by Gasteiger charge is 2.27. The normalized spacial score (nSPS) is 15.6. The number of piperidine rings is 1. The molecule has 0 aliphatic carbocycles. The van der Waals surface area contributed by atoms with Crippen LogP contribution in [0.15, 0.2) is 18.2 Å². The molecule has 0 bridgehead atoms. The molecule has 1 aromatic rings. The lowest BCUT2D eigenvalue weighted by atomic mass is 9.98. The van der Waals surface area contributed by atoms with Crippen LogP contribution >= 0.6 is 0 Å². The number of hydrogen-bond donors (Lipinski definition) is 1. The standard InChI is InChI=1S/C18H25FN2O4/c1-18(2,3)25-17(23)21-9-7-13(8-10-21)11-24-16-14(19)5-4-6-15(16)20-12-22/h4-6,12-13H,7-11H2,1-3H3,(H,20,22). The second kappa shape index (κ2) is 8.18. The van der Waals surface area contributed by atoms with E-state index in [2.05, 4.69) is 5.32 Å². The van der Waals surface area contributed by atoms with Crippen LogP contribution in [0.5, 0.6) is 5.75 Å². The van der Waals surface area contributed by atoms with Crippen molar-refractivity contribution in [2.24, 2.45) is 5.92 Å². The van der Waals surface area contributed by atoms with Gasteiger partial charge in [0.2, 0.25) is 6.41 Å². The van der Waals surface area contributed by atoms with Gasteiger partial charge in [0.15, 0.2) is 11.6 Å². The molecule has 7 heteroatoms. The van der Waals surface area contributed by atoms with Gasteiger partial charge in [-0.2, -0.15) is 0 Å². The van der Waals surface area contributed by atoms with Crippen molar-refractivity contribution in [1.82, 2.24) is 4.90 Å². The summed E-state index contributed by atoms with van der Waals surface area (Å²) in [4.78, 5) is 24.3. The second-order valence-electron chi connectivity index (χ2n) is 7.10. The summed E-state index contributed by atoms with van der Waals surface area (Å²) >= 11 is 0. The Morgan fingerprint density at radius 1 is 1.36 bits per heavy atom. The number of carbonyl (C=O) groups excluding carboxylic acids is 2. The van der Waals surface area contributed by atoms with Crippen molar-refractivity contribution in [3.05, 3.63) is 24.0 Å². The molecule has 1 fully saturated rings. The molecule has 0 spiro atoms. The Bertz CT molecular complexity index is 608. The van der Waals surface area contributed by atoms with Crippen LogP contribution in [0, 0.1) is 11.7 Å². The van der Waals surface area contributed by atoms with Crippen LogP contribution in [-0.2, 0) is 9.53 Å². The molecular weight excluding hydrogens is 327 g/mol. The molecule has 0 radical (unpaired) electrons. The van der Waals surface area contributed by atoms with E-state index in [4.69, 9.17) is 9.47 Å². The summed E-state index contributed by atoms with van der Waals surface area (Å²) in [5.41, 5.74) is -0.203. The first-order chi connectivity index (χ1) is 11.8. The molecule has 1 saturated heterocycles. The number of benzene rings is 1. The van der Waals surface area contributed by atoms with Gasteiger partial charge in [-0.3, -0.25) is 4.79 Å². The molecular formula is C18H25FN2O4. The van der Waals surface area contributed by atoms with Gasteiger partial charge in [-0.25, -0.2) is 9.18 Å². The lowest BCUT2D eigenvalue weighted by Crippen LogP contribution is -2.42. The number of anilines is 1. The first-order valence-corrected chi connectivity index (χ1v) is 8.39. The Labute approximate surface area is 147 Å². The number of amides is 2. The van der Waals surface area contributed by atoms with Crippen molar-refractivity contribution >= 4 is 18.2 Å². The SMILES string of the molecule is CC(C)(C)OC(=O)N1CCC(COc2c(F)cccc2NC=O)CC1. The lowest BCUT2D eigenvalue weighted by Gasteiger charge is -2.33. The van der Waals surface area contributed by atoms with Gasteiger partial charge in [0.05, 0.1) is 12.3 Å². The maximum Gasteiger partial charge on any atom is 0.410 e. The van der Waals surface area contributed by atoms with E-state index in [-0.39, 0.29) is 17.8 Å². The minimum absolute atomic E-state index is 0.0455. The van der Waals surface area contributed by atoms with Crippen LogP contribution < -0.4 is 10.1 Å². The predicted molar refractivity (Wildman–Crippen MR) is 92.1 cm³/mol. The van der Waals surface area contributed by atoms with Crippen molar-refractivity contribution < 1.29 is 23.5 Å². The first kappa shape index (κ1) is 19.0. The van der Waals surface area contributed by atoms with Crippen LogP contribution in [0.25, 0.3) is 0 Å². The van der Waals surface area contributed by atoms with E-state index in [1.165, 1.54) is 12.1 Å². The van der Waals surface area contributed by atoms with E-state index >= 15 is 0 Å². The number of nitrogens with one attached hydrogen (secondary N) is 1. The van der Waals surface area contributed by atoms with Crippen LogP contribution in [0.2, 0.25) is 0 Å². The van der Waals surface area contributed by atoms with Crippen LogP contribution in [0.3, 0.4) is 0 Å². The average molecular weight is 352 g/mol. The maximum atomic E-state index is 13.9. The molecule has 138 valence electrons. The van der Waals surface area contributed by atoms with Crippen molar-refractivity contribution in [1.29, 1.82) is 0 Å². The molecule has 1 N–H and O–H groups in total. The van der Waals surface area contributed by atoms with E-state index in [1.54, 1.807) is 11.0 Å². The van der Waals surface area contributed by atoms with E-state index in [1.807, 2.05) is 20.8 Å². The predicted octanol–water partition coefficient (Wildman–Crippen LogP) is 3.42. The highest BCUT2D eigenvalue weighted by Crippen LogP contribution is 2.29. The summed E-state index contributed by atoms with van der Waals surface area (Å²) in [7, 11) is 0. The summed E-state index contributed by atoms with van der Waals surface area (Å²) in [5, 5.41) is 2.43. The Kier molecular flexibility index (Phi) is 6.22. The zero-order chi connectivity index (χ0) is 18.4. The Morgan fingerprint density at radius 3 is 2.64 bits per heavy atom. The zero-order valence-electron chi connectivity index (χ0n) is 14.9. The Balaban J connectivity index is 1.85. The summed E-state index contributed by atoms with van der Waals surface area (Å²) in [6.07, 6.45) is 1.69. The monoisotopic (exact) mass is 352 g/mol. The Hall–Kier alpha value is -2.31. The van der Waals surface area contributed by atoms with E-state index in [9.17, 15) is 14.0 Å². The number of ether oxygens (including phenoxy) is 2. The second-order valence-corrected chi connectivity index (χ2v) is 7.10. The van der Waals surface area contributed by atoms with Crippen molar-refractivity contribution in [3.8, 4) is 5.75 Å². The molecule has 0 unspecified atom stereocenters. The molecule has 25 heavy (non-hydrogen) atoms. The van der Waals surface area contributed by atoms with Crippen molar-refractivity contribution in [2.75, 3.05) is 25.0 Å². The number of likely N-dealkylation sites (tertiary alicyclic amines) is 1. The molecule has 1 aromatic carbocycles. The van der Waals surface area contributed by atoms with E-state index in [0.29, 0.717) is 31.8 Å². The molecule has 1 aliphatic heterocycles. The minimum atomic E-state index is -0.516.